The first-order valence-corrected chi connectivity index (χ1v) is 16.6. The van der Waals surface area contributed by atoms with Gasteiger partial charge in [0.1, 0.15) is 0 Å². The van der Waals surface area contributed by atoms with Crippen molar-refractivity contribution >= 4 is 16.5 Å². The molecule has 0 aliphatic heterocycles. The standard InChI is InChI=1S/C36H61N/c1-4-7-10-11-12-13-14-15-16-17-18-19-20-21-22-23-24-33-25-26-35-32-36(28-27-34(35)31-33)37(29-8-5-2)30-9-6-3/h25-28,31-32H,4-24,29-30H2,1-3H3. The average molecular weight is 508 g/mol. The SMILES string of the molecule is CCCCCCCCCCCCCCCCCCc1ccc2cc(N(CCCC)CCCC)ccc2c1. The molecule has 0 N–H and O–H groups in total. The second-order valence-corrected chi connectivity index (χ2v) is 11.6. The summed E-state index contributed by atoms with van der Waals surface area (Å²) in [6.45, 7) is 9.24. The van der Waals surface area contributed by atoms with Crippen LogP contribution < -0.4 is 4.90 Å². The predicted octanol–water partition coefficient (Wildman–Crippen LogP) is 12.1. The Morgan fingerprint density at radius 3 is 1.38 bits per heavy atom. The van der Waals surface area contributed by atoms with E-state index in [-0.39, 0.29) is 0 Å². The summed E-state index contributed by atoms with van der Waals surface area (Å²) in [5.41, 5.74) is 2.92. The van der Waals surface area contributed by atoms with E-state index in [0.29, 0.717) is 0 Å². The molecule has 0 radical (unpaired) electrons. The molecule has 0 unspecified atom stereocenters. The lowest BCUT2D eigenvalue weighted by Crippen LogP contribution is -2.25. The Morgan fingerprint density at radius 1 is 0.432 bits per heavy atom. The first-order valence-electron chi connectivity index (χ1n) is 16.6. The first-order chi connectivity index (χ1) is 18.3. The van der Waals surface area contributed by atoms with Crippen molar-refractivity contribution in [3.63, 3.8) is 0 Å². The van der Waals surface area contributed by atoms with Gasteiger partial charge in [-0.15, -0.1) is 0 Å². The molecule has 1 nitrogen and oxygen atoms in total. The molecule has 0 heterocycles. The minimum absolute atomic E-state index is 1.18. The van der Waals surface area contributed by atoms with Crippen LogP contribution in [0.15, 0.2) is 36.4 Å². The van der Waals surface area contributed by atoms with Crippen LogP contribution in [-0.4, -0.2) is 13.1 Å². The van der Waals surface area contributed by atoms with Gasteiger partial charge < -0.3 is 4.90 Å². The second-order valence-electron chi connectivity index (χ2n) is 11.6. The van der Waals surface area contributed by atoms with Gasteiger partial charge in [0.2, 0.25) is 0 Å². The summed E-state index contributed by atoms with van der Waals surface area (Å²) in [6, 6.07) is 14.3. The van der Waals surface area contributed by atoms with Crippen molar-refractivity contribution in [1.29, 1.82) is 0 Å². The minimum atomic E-state index is 1.18. The maximum Gasteiger partial charge on any atom is 0.0372 e. The molecule has 37 heavy (non-hydrogen) atoms. The molecule has 0 aliphatic rings. The van der Waals surface area contributed by atoms with Gasteiger partial charge in [0, 0.05) is 18.8 Å². The molecule has 210 valence electrons. The van der Waals surface area contributed by atoms with Gasteiger partial charge in [-0.1, -0.05) is 154 Å². The Morgan fingerprint density at radius 2 is 0.865 bits per heavy atom. The Bertz CT molecular complexity index is 786. The van der Waals surface area contributed by atoms with Gasteiger partial charge in [-0.2, -0.15) is 0 Å². The van der Waals surface area contributed by atoms with Crippen molar-refractivity contribution in [3.05, 3.63) is 42.0 Å². The van der Waals surface area contributed by atoms with E-state index in [2.05, 4.69) is 62.1 Å². The highest BCUT2D eigenvalue weighted by atomic mass is 15.1. The average Bonchev–Trinajstić information content (AvgIpc) is 2.92. The zero-order valence-electron chi connectivity index (χ0n) is 25.2. The van der Waals surface area contributed by atoms with Crippen molar-refractivity contribution < 1.29 is 0 Å². The van der Waals surface area contributed by atoms with Crippen molar-refractivity contribution in [2.24, 2.45) is 0 Å². The maximum absolute atomic E-state index is 2.59. The quantitative estimate of drug-likeness (QED) is 0.128. The molecule has 2 rings (SSSR count). The minimum Gasteiger partial charge on any atom is -0.372 e. The molecule has 0 aromatic heterocycles. The van der Waals surface area contributed by atoms with E-state index in [9.17, 15) is 0 Å². The lowest BCUT2D eigenvalue weighted by molar-refractivity contribution is 0.529. The Hall–Kier alpha value is -1.50. The molecule has 0 saturated heterocycles. The van der Waals surface area contributed by atoms with Crippen LogP contribution in [0.3, 0.4) is 0 Å². The van der Waals surface area contributed by atoms with Gasteiger partial charge in [0.15, 0.2) is 0 Å². The Balaban J connectivity index is 1.56. The van der Waals surface area contributed by atoms with Crippen molar-refractivity contribution in [2.75, 3.05) is 18.0 Å². The van der Waals surface area contributed by atoms with E-state index >= 15 is 0 Å². The van der Waals surface area contributed by atoms with E-state index in [1.807, 2.05) is 0 Å². The molecule has 0 fully saturated rings. The van der Waals surface area contributed by atoms with E-state index in [1.54, 1.807) is 0 Å². The third-order valence-electron chi connectivity index (χ3n) is 8.14. The Labute approximate surface area is 231 Å². The highest BCUT2D eigenvalue weighted by Crippen LogP contribution is 2.25. The van der Waals surface area contributed by atoms with Crippen LogP contribution in [0.2, 0.25) is 0 Å². The zero-order valence-corrected chi connectivity index (χ0v) is 25.2. The number of unbranched alkanes of at least 4 members (excludes halogenated alkanes) is 17. The fourth-order valence-electron chi connectivity index (χ4n) is 5.58. The largest absolute Gasteiger partial charge is 0.372 e. The second kappa shape index (κ2) is 21.4. The highest BCUT2D eigenvalue weighted by molar-refractivity contribution is 5.86. The number of benzene rings is 2. The van der Waals surface area contributed by atoms with Crippen LogP contribution >= 0.6 is 0 Å². The fraction of sp³-hybridized carbons (Fsp3) is 0.722. The fourth-order valence-corrected chi connectivity index (χ4v) is 5.58. The molecule has 0 saturated carbocycles. The molecule has 2 aromatic rings. The number of rotatable bonds is 24. The van der Waals surface area contributed by atoms with Gasteiger partial charge in [-0.3, -0.25) is 0 Å². The number of anilines is 1. The monoisotopic (exact) mass is 507 g/mol. The molecule has 0 aliphatic carbocycles. The van der Waals surface area contributed by atoms with Crippen molar-refractivity contribution in [1.82, 2.24) is 0 Å². The topological polar surface area (TPSA) is 3.24 Å². The number of aryl methyl sites for hydroxylation is 1. The van der Waals surface area contributed by atoms with Crippen LogP contribution in [-0.2, 0) is 6.42 Å². The summed E-state index contributed by atoms with van der Waals surface area (Å²) in [7, 11) is 0. The highest BCUT2D eigenvalue weighted by Gasteiger charge is 2.07. The van der Waals surface area contributed by atoms with Gasteiger partial charge >= 0.3 is 0 Å². The van der Waals surface area contributed by atoms with Gasteiger partial charge in [0.05, 0.1) is 0 Å². The molecule has 0 atom stereocenters. The molecule has 0 spiro atoms. The third-order valence-corrected chi connectivity index (χ3v) is 8.14. The molecular weight excluding hydrogens is 446 g/mol. The van der Waals surface area contributed by atoms with Gasteiger partial charge in [-0.25, -0.2) is 0 Å². The molecule has 2 aromatic carbocycles. The van der Waals surface area contributed by atoms with E-state index < -0.39 is 0 Å². The summed E-state index contributed by atoms with van der Waals surface area (Å²) >= 11 is 0. The van der Waals surface area contributed by atoms with Gasteiger partial charge in [-0.05, 0) is 54.2 Å². The maximum atomic E-state index is 2.59. The van der Waals surface area contributed by atoms with Crippen molar-refractivity contribution in [3.8, 4) is 0 Å². The summed E-state index contributed by atoms with van der Waals surface area (Å²) in [5, 5.41) is 2.80. The van der Waals surface area contributed by atoms with E-state index in [0.717, 1.165) is 0 Å². The Kier molecular flexibility index (Phi) is 18.4. The van der Waals surface area contributed by atoms with E-state index in [1.165, 1.54) is 170 Å². The number of fused-ring (bicyclic) bond motifs is 1. The third kappa shape index (κ3) is 14.3. The summed E-state index contributed by atoms with van der Waals surface area (Å²) in [6.07, 6.45) is 29.3. The van der Waals surface area contributed by atoms with Crippen LogP contribution in [0.25, 0.3) is 10.8 Å². The molecule has 0 amide bonds. The molecule has 1 heteroatoms. The molecule has 0 bridgehead atoms. The lowest BCUT2D eigenvalue weighted by Gasteiger charge is -2.25. The van der Waals surface area contributed by atoms with Crippen LogP contribution in [0.5, 0.6) is 0 Å². The predicted molar refractivity (Wildman–Crippen MR) is 169 cm³/mol. The number of nitrogens with zero attached hydrogens (tertiary/aromatic N) is 1. The lowest BCUT2D eigenvalue weighted by atomic mass is 10.0. The smallest absolute Gasteiger partial charge is 0.0372 e. The zero-order chi connectivity index (χ0) is 26.4. The number of hydrogen-bond donors (Lipinski definition) is 0. The molecular formula is C36H61N. The van der Waals surface area contributed by atoms with Crippen LogP contribution in [0.4, 0.5) is 5.69 Å². The van der Waals surface area contributed by atoms with Gasteiger partial charge in [0.25, 0.3) is 0 Å². The van der Waals surface area contributed by atoms with E-state index in [4.69, 9.17) is 0 Å². The number of hydrogen-bond acceptors (Lipinski definition) is 1. The first kappa shape index (κ1) is 31.7. The summed E-state index contributed by atoms with van der Waals surface area (Å²) < 4.78 is 0. The normalized spacial score (nSPS) is 11.4. The summed E-state index contributed by atoms with van der Waals surface area (Å²) in [4.78, 5) is 2.59. The van der Waals surface area contributed by atoms with Crippen LogP contribution in [0, 0.1) is 0 Å². The van der Waals surface area contributed by atoms with Crippen LogP contribution in [0.1, 0.15) is 155 Å². The van der Waals surface area contributed by atoms with Crippen molar-refractivity contribution in [2.45, 2.75) is 156 Å². The summed E-state index contributed by atoms with van der Waals surface area (Å²) in [5.74, 6) is 0.